The highest BCUT2D eigenvalue weighted by molar-refractivity contribution is 5.52. The summed E-state index contributed by atoms with van der Waals surface area (Å²) in [6.45, 7) is 12.4. The van der Waals surface area contributed by atoms with E-state index in [0.29, 0.717) is 0 Å². The average Bonchev–Trinajstić information content (AvgIpc) is 2.03. The smallest absolute Gasteiger partial charge is 0.0130 e. The van der Waals surface area contributed by atoms with Gasteiger partial charge in [0.2, 0.25) is 0 Å². The zero-order chi connectivity index (χ0) is 11.2. The van der Waals surface area contributed by atoms with Crippen molar-refractivity contribution in [3.05, 3.63) is 24.0 Å². The number of allylic oxidation sites excluding steroid dienone is 3. The molecule has 2 nitrogen and oxygen atoms in total. The highest BCUT2D eigenvalue weighted by Crippen LogP contribution is 2.21. The predicted molar refractivity (Wildman–Crippen MR) is 63.5 cm³/mol. The number of nitrogens with one attached hydrogen (secondary N) is 2. The van der Waals surface area contributed by atoms with Crippen molar-refractivity contribution in [2.24, 2.45) is 5.41 Å². The molecule has 0 radical (unpaired) electrons. The van der Waals surface area contributed by atoms with E-state index in [0.717, 1.165) is 24.2 Å². The van der Waals surface area contributed by atoms with Gasteiger partial charge in [-0.25, -0.2) is 0 Å². The Kier molecular flexibility index (Phi) is 5.21. The fraction of sp³-hybridized carbons (Fsp3) is 0.583. The molecule has 0 aromatic rings. The van der Waals surface area contributed by atoms with Gasteiger partial charge in [-0.05, 0) is 26.0 Å². The van der Waals surface area contributed by atoms with Crippen molar-refractivity contribution in [1.82, 2.24) is 5.32 Å². The summed E-state index contributed by atoms with van der Waals surface area (Å²) in [4.78, 5) is 0. The van der Waals surface area contributed by atoms with Crippen LogP contribution in [0, 0.1) is 10.8 Å². The Hall–Kier alpha value is -1.05. The van der Waals surface area contributed by atoms with E-state index < -0.39 is 0 Å². The van der Waals surface area contributed by atoms with E-state index in [2.05, 4.69) is 38.7 Å². The van der Waals surface area contributed by atoms with Crippen LogP contribution in [-0.4, -0.2) is 6.21 Å². The summed E-state index contributed by atoms with van der Waals surface area (Å²) in [7, 11) is 0. The standard InChI is InChI=1S/C12H22N2/c1-10(8-6-7-9-13)14-11(2)12(3,4)5/h8-9,13-14H,2,6-7H2,1,3-5H3/b10-8+,13-9?. The van der Waals surface area contributed by atoms with Crippen LogP contribution >= 0.6 is 0 Å². The molecular formula is C12H22N2. The van der Waals surface area contributed by atoms with Crippen LogP contribution in [0.15, 0.2) is 24.0 Å². The summed E-state index contributed by atoms with van der Waals surface area (Å²) in [5.41, 5.74) is 2.24. The molecule has 2 N–H and O–H groups in total. The highest BCUT2D eigenvalue weighted by atomic mass is 14.9. The van der Waals surface area contributed by atoms with E-state index in [1.54, 1.807) is 0 Å². The van der Waals surface area contributed by atoms with Crippen molar-refractivity contribution in [1.29, 1.82) is 5.41 Å². The number of hydrogen-bond acceptors (Lipinski definition) is 2. The van der Waals surface area contributed by atoms with E-state index in [1.165, 1.54) is 6.21 Å². The van der Waals surface area contributed by atoms with Crippen LogP contribution in [0.5, 0.6) is 0 Å². The number of unbranched alkanes of at least 4 members (excludes halogenated alkanes) is 1. The van der Waals surface area contributed by atoms with Gasteiger partial charge in [-0.2, -0.15) is 0 Å². The average molecular weight is 194 g/mol. The fourth-order valence-corrected chi connectivity index (χ4v) is 0.860. The molecule has 0 aliphatic carbocycles. The van der Waals surface area contributed by atoms with Crippen molar-refractivity contribution in [3.63, 3.8) is 0 Å². The van der Waals surface area contributed by atoms with Gasteiger partial charge in [-0.1, -0.05) is 33.4 Å². The lowest BCUT2D eigenvalue weighted by atomic mass is 9.93. The first-order chi connectivity index (χ1) is 6.38. The molecule has 0 aliphatic heterocycles. The van der Waals surface area contributed by atoms with Gasteiger partial charge in [0.05, 0.1) is 0 Å². The van der Waals surface area contributed by atoms with Crippen LogP contribution < -0.4 is 5.32 Å². The van der Waals surface area contributed by atoms with Crippen LogP contribution in [0.1, 0.15) is 40.5 Å². The first kappa shape index (κ1) is 12.9. The molecule has 0 bridgehead atoms. The number of rotatable bonds is 5. The van der Waals surface area contributed by atoms with E-state index in [-0.39, 0.29) is 5.41 Å². The molecule has 2 heteroatoms. The maximum Gasteiger partial charge on any atom is 0.0130 e. The third-order valence-electron chi connectivity index (χ3n) is 2.01. The zero-order valence-corrected chi connectivity index (χ0v) is 9.78. The quantitative estimate of drug-likeness (QED) is 0.510. The van der Waals surface area contributed by atoms with E-state index in [1.807, 2.05) is 6.92 Å². The summed E-state index contributed by atoms with van der Waals surface area (Å²) >= 11 is 0. The first-order valence-electron chi connectivity index (χ1n) is 5.00. The molecule has 0 amide bonds. The molecule has 0 saturated carbocycles. The zero-order valence-electron chi connectivity index (χ0n) is 9.78. The summed E-state index contributed by atoms with van der Waals surface area (Å²) in [6.07, 6.45) is 5.26. The lowest BCUT2D eigenvalue weighted by Crippen LogP contribution is -2.21. The largest absolute Gasteiger partial charge is 0.363 e. The molecule has 0 aromatic heterocycles. The van der Waals surface area contributed by atoms with Gasteiger partial charge in [0, 0.05) is 16.8 Å². The predicted octanol–water partition coefficient (Wildman–Crippen LogP) is 3.47. The molecule has 0 unspecified atom stereocenters. The Morgan fingerprint density at radius 2 is 1.93 bits per heavy atom. The third-order valence-corrected chi connectivity index (χ3v) is 2.01. The van der Waals surface area contributed by atoms with Gasteiger partial charge in [0.15, 0.2) is 0 Å². The van der Waals surface area contributed by atoms with Gasteiger partial charge >= 0.3 is 0 Å². The van der Waals surface area contributed by atoms with E-state index >= 15 is 0 Å². The van der Waals surface area contributed by atoms with Crippen LogP contribution in [0.3, 0.4) is 0 Å². The molecular weight excluding hydrogens is 172 g/mol. The van der Waals surface area contributed by atoms with Crippen molar-refractivity contribution in [2.45, 2.75) is 40.5 Å². The second kappa shape index (κ2) is 5.63. The van der Waals surface area contributed by atoms with E-state index in [4.69, 9.17) is 5.41 Å². The second-order valence-corrected chi connectivity index (χ2v) is 4.52. The Morgan fingerprint density at radius 3 is 2.36 bits per heavy atom. The summed E-state index contributed by atoms with van der Waals surface area (Å²) < 4.78 is 0. The maximum absolute atomic E-state index is 6.90. The third kappa shape index (κ3) is 5.57. The number of hydrogen-bond donors (Lipinski definition) is 2. The summed E-state index contributed by atoms with van der Waals surface area (Å²) in [6, 6.07) is 0. The minimum atomic E-state index is 0.0939. The van der Waals surface area contributed by atoms with Crippen molar-refractivity contribution < 1.29 is 0 Å². The molecule has 0 fully saturated rings. The SMILES string of the molecule is C=C(N/C(C)=C/CCC=N)C(C)(C)C. The van der Waals surface area contributed by atoms with Crippen molar-refractivity contribution in [2.75, 3.05) is 0 Å². The maximum atomic E-state index is 6.90. The molecule has 0 aromatic carbocycles. The Morgan fingerprint density at radius 1 is 1.36 bits per heavy atom. The van der Waals surface area contributed by atoms with Crippen LogP contribution in [0.25, 0.3) is 0 Å². The van der Waals surface area contributed by atoms with Gasteiger partial charge in [-0.3, -0.25) is 0 Å². The van der Waals surface area contributed by atoms with Crippen molar-refractivity contribution in [3.8, 4) is 0 Å². The monoisotopic (exact) mass is 194 g/mol. The molecule has 0 saturated heterocycles. The normalized spacial score (nSPS) is 12.4. The fourth-order valence-electron chi connectivity index (χ4n) is 0.860. The summed E-state index contributed by atoms with van der Waals surface area (Å²) in [5.74, 6) is 0. The van der Waals surface area contributed by atoms with Gasteiger partial charge < -0.3 is 10.7 Å². The molecule has 14 heavy (non-hydrogen) atoms. The Labute approximate surface area is 87.6 Å². The molecule has 0 atom stereocenters. The summed E-state index contributed by atoms with van der Waals surface area (Å²) in [5, 5.41) is 10.2. The first-order valence-corrected chi connectivity index (χ1v) is 5.00. The molecule has 0 spiro atoms. The Bertz CT molecular complexity index is 231. The lowest BCUT2D eigenvalue weighted by molar-refractivity contribution is 0.476. The van der Waals surface area contributed by atoms with Gasteiger partial charge in [0.1, 0.15) is 0 Å². The minimum absolute atomic E-state index is 0.0939. The van der Waals surface area contributed by atoms with Crippen LogP contribution in [0.4, 0.5) is 0 Å². The molecule has 80 valence electrons. The molecule has 0 rings (SSSR count). The van der Waals surface area contributed by atoms with Crippen LogP contribution in [0.2, 0.25) is 0 Å². The Balaban J connectivity index is 4.05. The minimum Gasteiger partial charge on any atom is -0.363 e. The van der Waals surface area contributed by atoms with Gasteiger partial charge in [0.25, 0.3) is 0 Å². The van der Waals surface area contributed by atoms with Crippen LogP contribution in [-0.2, 0) is 0 Å². The van der Waals surface area contributed by atoms with E-state index in [9.17, 15) is 0 Å². The van der Waals surface area contributed by atoms with Crippen molar-refractivity contribution >= 4 is 6.21 Å². The highest BCUT2D eigenvalue weighted by Gasteiger charge is 2.14. The second-order valence-electron chi connectivity index (χ2n) is 4.52. The lowest BCUT2D eigenvalue weighted by Gasteiger charge is -2.23. The molecule has 0 aliphatic rings. The topological polar surface area (TPSA) is 35.9 Å². The van der Waals surface area contributed by atoms with Gasteiger partial charge in [-0.15, -0.1) is 0 Å². The molecule has 0 heterocycles.